The fraction of sp³-hybridized carbons (Fsp3) is 0.333. The molecule has 0 bridgehead atoms. The third kappa shape index (κ3) is 3.06. The van der Waals surface area contributed by atoms with E-state index in [0.29, 0.717) is 0 Å². The summed E-state index contributed by atoms with van der Waals surface area (Å²) in [6, 6.07) is 5.92. The maximum atomic E-state index is 12.0. The normalized spacial score (nSPS) is 17.8. The minimum Gasteiger partial charge on any atom is -0.341 e. The van der Waals surface area contributed by atoms with Crippen LogP contribution < -0.4 is 10.6 Å². The van der Waals surface area contributed by atoms with Crippen LogP contribution in [0.5, 0.6) is 0 Å². The third-order valence-electron chi connectivity index (χ3n) is 3.71. The minimum absolute atomic E-state index is 0.102. The zero-order chi connectivity index (χ0) is 15.5. The second-order valence-corrected chi connectivity index (χ2v) is 7.04. The molecule has 5 nitrogen and oxygen atoms in total. The Morgan fingerprint density at radius 2 is 2.18 bits per heavy atom. The molecule has 0 saturated heterocycles. The van der Waals surface area contributed by atoms with Crippen molar-refractivity contribution in [2.24, 2.45) is 0 Å². The predicted molar refractivity (Wildman–Crippen MR) is 88.4 cm³/mol. The number of imide groups is 1. The van der Waals surface area contributed by atoms with E-state index in [1.165, 1.54) is 22.4 Å². The second-order valence-electron chi connectivity index (χ2n) is 5.06. The van der Waals surface area contributed by atoms with Crippen LogP contribution in [0.4, 0.5) is 4.79 Å². The van der Waals surface area contributed by atoms with Gasteiger partial charge in [-0.1, -0.05) is 6.07 Å². The van der Waals surface area contributed by atoms with E-state index in [4.69, 9.17) is 0 Å². The van der Waals surface area contributed by atoms with Crippen molar-refractivity contribution in [1.82, 2.24) is 15.5 Å². The Morgan fingerprint density at radius 3 is 2.91 bits per heavy atom. The molecule has 0 aliphatic carbocycles. The smallest absolute Gasteiger partial charge is 0.321 e. The third-order valence-corrected chi connectivity index (χ3v) is 5.63. The van der Waals surface area contributed by atoms with E-state index in [-0.39, 0.29) is 18.5 Å². The molecule has 22 heavy (non-hydrogen) atoms. The highest BCUT2D eigenvalue weighted by Crippen LogP contribution is 2.39. The first-order valence-electron chi connectivity index (χ1n) is 7.04. The number of thiophene rings is 2. The molecule has 0 unspecified atom stereocenters. The lowest BCUT2D eigenvalue weighted by atomic mass is 9.98. The summed E-state index contributed by atoms with van der Waals surface area (Å²) < 4.78 is 0. The van der Waals surface area contributed by atoms with E-state index in [1.807, 2.05) is 6.07 Å². The average molecular weight is 335 g/mol. The molecule has 2 N–H and O–H groups in total. The van der Waals surface area contributed by atoms with Gasteiger partial charge in [0.2, 0.25) is 5.91 Å². The monoisotopic (exact) mass is 335 g/mol. The Labute approximate surface area is 137 Å². The standard InChI is InChI=1S/C15H17N3O2S2/c1-16-15(20)17-13(19)9-18-6-4-11-10(5-8-22-11)14(18)12-3-2-7-21-12/h2-3,5,7-8,14H,4,6,9H2,1H3,(H2,16,17,19,20)/t14-/m0/s1. The highest BCUT2D eigenvalue weighted by molar-refractivity contribution is 7.10. The molecule has 3 rings (SSSR count). The van der Waals surface area contributed by atoms with Crippen molar-refractivity contribution in [3.05, 3.63) is 44.3 Å². The van der Waals surface area contributed by atoms with Gasteiger partial charge in [0.1, 0.15) is 0 Å². The van der Waals surface area contributed by atoms with E-state index in [0.717, 1.165) is 13.0 Å². The molecule has 2 aromatic rings. The van der Waals surface area contributed by atoms with Crippen molar-refractivity contribution in [1.29, 1.82) is 0 Å². The summed E-state index contributed by atoms with van der Waals surface area (Å²) >= 11 is 3.47. The van der Waals surface area contributed by atoms with Crippen molar-refractivity contribution in [3.8, 4) is 0 Å². The van der Waals surface area contributed by atoms with Gasteiger partial charge in [0, 0.05) is 23.3 Å². The number of nitrogens with one attached hydrogen (secondary N) is 2. The largest absolute Gasteiger partial charge is 0.341 e. The van der Waals surface area contributed by atoms with Crippen molar-refractivity contribution < 1.29 is 9.59 Å². The molecular weight excluding hydrogens is 318 g/mol. The summed E-state index contributed by atoms with van der Waals surface area (Å²) in [5, 5.41) is 8.90. The Bertz CT molecular complexity index is 666. The van der Waals surface area contributed by atoms with Crippen LogP contribution >= 0.6 is 22.7 Å². The van der Waals surface area contributed by atoms with Gasteiger partial charge in [0.25, 0.3) is 0 Å². The molecule has 7 heteroatoms. The van der Waals surface area contributed by atoms with E-state index in [1.54, 1.807) is 22.7 Å². The second kappa shape index (κ2) is 6.60. The number of amides is 3. The van der Waals surface area contributed by atoms with Gasteiger partial charge >= 0.3 is 6.03 Å². The van der Waals surface area contributed by atoms with Crippen LogP contribution in [0, 0.1) is 0 Å². The number of hydrogen-bond donors (Lipinski definition) is 2. The maximum Gasteiger partial charge on any atom is 0.321 e. The molecular formula is C15H17N3O2S2. The summed E-state index contributed by atoms with van der Waals surface area (Å²) in [6.07, 6.45) is 0.947. The first kappa shape index (κ1) is 15.2. The lowest BCUT2D eigenvalue weighted by Gasteiger charge is -2.34. The number of nitrogens with zero attached hydrogens (tertiary/aromatic N) is 1. The maximum absolute atomic E-state index is 12.0. The topological polar surface area (TPSA) is 61.4 Å². The average Bonchev–Trinajstić information content (AvgIpc) is 3.17. The molecule has 0 saturated carbocycles. The molecule has 116 valence electrons. The van der Waals surface area contributed by atoms with Crippen LogP contribution in [0.3, 0.4) is 0 Å². The first-order chi connectivity index (χ1) is 10.7. The highest BCUT2D eigenvalue weighted by atomic mass is 32.1. The number of rotatable bonds is 3. The Hall–Kier alpha value is -1.70. The minimum atomic E-state index is -0.467. The van der Waals surface area contributed by atoms with Crippen LogP contribution in [0.25, 0.3) is 0 Å². The molecule has 1 aliphatic heterocycles. The molecule has 3 heterocycles. The van der Waals surface area contributed by atoms with Gasteiger partial charge in [-0.3, -0.25) is 15.0 Å². The van der Waals surface area contributed by atoms with E-state index >= 15 is 0 Å². The van der Waals surface area contributed by atoms with Crippen molar-refractivity contribution in [3.63, 3.8) is 0 Å². The molecule has 0 aromatic carbocycles. The van der Waals surface area contributed by atoms with Crippen molar-refractivity contribution >= 4 is 34.6 Å². The molecule has 1 aliphatic rings. The fourth-order valence-corrected chi connectivity index (χ4v) is 4.51. The van der Waals surface area contributed by atoms with Crippen molar-refractivity contribution in [2.75, 3.05) is 20.1 Å². The molecule has 0 radical (unpaired) electrons. The van der Waals surface area contributed by atoms with E-state index < -0.39 is 6.03 Å². The number of carbonyl (C=O) groups excluding carboxylic acids is 2. The highest BCUT2D eigenvalue weighted by Gasteiger charge is 2.31. The van der Waals surface area contributed by atoms with Gasteiger partial charge in [-0.05, 0) is 34.9 Å². The van der Waals surface area contributed by atoms with Gasteiger partial charge in [-0.25, -0.2) is 4.79 Å². The fourth-order valence-electron chi connectivity index (χ4n) is 2.73. The van der Waals surface area contributed by atoms with Gasteiger partial charge in [-0.2, -0.15) is 0 Å². The van der Waals surface area contributed by atoms with E-state index in [2.05, 4.69) is 38.4 Å². The van der Waals surface area contributed by atoms with Gasteiger partial charge < -0.3 is 5.32 Å². The number of fused-ring (bicyclic) bond motifs is 1. The van der Waals surface area contributed by atoms with Gasteiger partial charge in [0.15, 0.2) is 0 Å². The van der Waals surface area contributed by atoms with Crippen LogP contribution in [0.15, 0.2) is 29.0 Å². The summed E-state index contributed by atoms with van der Waals surface area (Å²) in [5.41, 5.74) is 1.28. The SMILES string of the molecule is CNC(=O)NC(=O)CN1CCc2sccc2[C@H]1c1cccs1. The lowest BCUT2D eigenvalue weighted by Crippen LogP contribution is -2.46. The zero-order valence-electron chi connectivity index (χ0n) is 12.2. The zero-order valence-corrected chi connectivity index (χ0v) is 13.8. The number of urea groups is 1. The predicted octanol–water partition coefficient (Wildman–Crippen LogP) is 2.21. The summed E-state index contributed by atoms with van der Waals surface area (Å²) in [5.74, 6) is -0.278. The summed E-state index contributed by atoms with van der Waals surface area (Å²) in [4.78, 5) is 28.1. The summed E-state index contributed by atoms with van der Waals surface area (Å²) in [6.45, 7) is 1.03. The van der Waals surface area contributed by atoms with Gasteiger partial charge in [0.05, 0.1) is 12.6 Å². The van der Waals surface area contributed by atoms with Crippen LogP contribution in [0.2, 0.25) is 0 Å². The quantitative estimate of drug-likeness (QED) is 0.904. The summed E-state index contributed by atoms with van der Waals surface area (Å²) in [7, 11) is 1.50. The Kier molecular flexibility index (Phi) is 4.56. The lowest BCUT2D eigenvalue weighted by molar-refractivity contribution is -0.121. The molecule has 3 amide bonds. The first-order valence-corrected chi connectivity index (χ1v) is 8.80. The molecule has 2 aromatic heterocycles. The van der Waals surface area contributed by atoms with Crippen LogP contribution in [0.1, 0.15) is 21.4 Å². The number of hydrogen-bond acceptors (Lipinski definition) is 5. The van der Waals surface area contributed by atoms with Crippen molar-refractivity contribution in [2.45, 2.75) is 12.5 Å². The Balaban J connectivity index is 1.81. The van der Waals surface area contributed by atoms with E-state index in [9.17, 15) is 9.59 Å². The van der Waals surface area contributed by atoms with Gasteiger partial charge in [-0.15, -0.1) is 22.7 Å². The molecule has 0 fully saturated rings. The number of carbonyl (C=O) groups is 2. The molecule has 0 spiro atoms. The Morgan fingerprint density at radius 1 is 1.32 bits per heavy atom. The van der Waals surface area contributed by atoms with Crippen LogP contribution in [-0.4, -0.2) is 37.0 Å². The van der Waals surface area contributed by atoms with Crippen LogP contribution in [-0.2, 0) is 11.2 Å². The molecule has 1 atom stereocenters.